The van der Waals surface area contributed by atoms with Gasteiger partial charge in [-0.05, 0) is 59.2 Å². The molecule has 0 aromatic heterocycles. The molecule has 0 fully saturated rings. The zero-order chi connectivity index (χ0) is 24.8. The second kappa shape index (κ2) is 10.8. The van der Waals surface area contributed by atoms with Crippen molar-refractivity contribution in [2.75, 3.05) is 12.4 Å². The lowest BCUT2D eigenvalue weighted by atomic mass is 10.1. The number of benzene rings is 4. The lowest BCUT2D eigenvalue weighted by Gasteiger charge is -2.13. The number of nitriles is 1. The summed E-state index contributed by atoms with van der Waals surface area (Å²) in [5, 5.41) is 15.2. The number of halogens is 1. The van der Waals surface area contributed by atoms with E-state index < -0.39 is 5.91 Å². The maximum absolute atomic E-state index is 12.9. The van der Waals surface area contributed by atoms with E-state index in [0.717, 1.165) is 21.9 Å². The molecular weight excluding hydrogens is 460 g/mol. The first kappa shape index (κ1) is 23.9. The van der Waals surface area contributed by atoms with Crippen molar-refractivity contribution < 1.29 is 14.3 Å². The van der Waals surface area contributed by atoms with E-state index in [0.29, 0.717) is 34.4 Å². The quantitative estimate of drug-likeness (QED) is 0.229. The van der Waals surface area contributed by atoms with Gasteiger partial charge in [-0.2, -0.15) is 5.26 Å². The number of rotatable bonds is 7. The Morgan fingerprint density at radius 1 is 1.06 bits per heavy atom. The fourth-order valence-corrected chi connectivity index (χ4v) is 3.85. The number of fused-ring (bicyclic) bond motifs is 1. The molecule has 0 atom stereocenters. The highest BCUT2D eigenvalue weighted by atomic mass is 35.5. The van der Waals surface area contributed by atoms with Crippen molar-refractivity contribution in [3.05, 3.63) is 106 Å². The maximum atomic E-state index is 12.9. The van der Waals surface area contributed by atoms with Gasteiger partial charge in [-0.15, -0.1) is 0 Å². The number of nitrogens with zero attached hydrogens (tertiary/aromatic N) is 1. The van der Waals surface area contributed by atoms with Gasteiger partial charge in [0.25, 0.3) is 5.91 Å². The van der Waals surface area contributed by atoms with Crippen molar-refractivity contribution in [2.45, 2.75) is 13.5 Å². The molecule has 5 nitrogen and oxygen atoms in total. The molecule has 4 rings (SSSR count). The Kier molecular flexibility index (Phi) is 7.35. The van der Waals surface area contributed by atoms with E-state index in [2.05, 4.69) is 23.5 Å². The lowest BCUT2D eigenvalue weighted by Crippen LogP contribution is -2.14. The minimum Gasteiger partial charge on any atom is -0.497 e. The Morgan fingerprint density at radius 2 is 1.86 bits per heavy atom. The van der Waals surface area contributed by atoms with E-state index in [9.17, 15) is 10.1 Å². The normalized spacial score (nSPS) is 11.1. The minimum atomic E-state index is -0.534. The van der Waals surface area contributed by atoms with Gasteiger partial charge in [-0.1, -0.05) is 60.1 Å². The van der Waals surface area contributed by atoms with Gasteiger partial charge < -0.3 is 14.8 Å². The number of carbonyl (C=O) groups excluding carboxylic acids is 1. The third-order valence-corrected chi connectivity index (χ3v) is 5.83. The van der Waals surface area contributed by atoms with Crippen LogP contribution in [0.15, 0.2) is 84.4 Å². The van der Waals surface area contributed by atoms with Crippen LogP contribution in [0.5, 0.6) is 11.5 Å². The summed E-state index contributed by atoms with van der Waals surface area (Å²) in [4.78, 5) is 12.9. The Morgan fingerprint density at radius 3 is 2.66 bits per heavy atom. The molecule has 0 aliphatic rings. The summed E-state index contributed by atoms with van der Waals surface area (Å²) in [5.74, 6) is 0.568. The SMILES string of the molecule is COc1ccc(/C=C(\C#N)C(=O)Nc2cc(Cl)ccc2C)c(OCc2cccc3ccccc23)c1. The Balaban J connectivity index is 1.63. The standard InChI is InChI=1S/C29H23ClN2O3/c1-19-10-12-24(30)15-27(19)32-29(33)23(17-31)14-21-11-13-25(34-2)16-28(21)35-18-22-8-5-7-20-6-3-4-9-26(20)22/h3-16H,18H2,1-2H3,(H,32,33)/b23-14+. The van der Waals surface area contributed by atoms with Gasteiger partial charge in [0.1, 0.15) is 29.7 Å². The monoisotopic (exact) mass is 482 g/mol. The molecule has 35 heavy (non-hydrogen) atoms. The summed E-state index contributed by atoms with van der Waals surface area (Å²) < 4.78 is 11.5. The van der Waals surface area contributed by atoms with Crippen molar-refractivity contribution in [2.24, 2.45) is 0 Å². The first-order valence-corrected chi connectivity index (χ1v) is 11.3. The molecule has 174 valence electrons. The molecule has 0 aliphatic carbocycles. The molecule has 0 saturated heterocycles. The van der Waals surface area contributed by atoms with E-state index in [4.69, 9.17) is 21.1 Å². The topological polar surface area (TPSA) is 71.3 Å². The summed E-state index contributed by atoms with van der Waals surface area (Å²) >= 11 is 6.06. The first-order chi connectivity index (χ1) is 17.0. The summed E-state index contributed by atoms with van der Waals surface area (Å²) in [7, 11) is 1.57. The Labute approximate surface area is 209 Å². The number of ether oxygens (including phenoxy) is 2. The van der Waals surface area contributed by atoms with Crippen LogP contribution in [0.3, 0.4) is 0 Å². The van der Waals surface area contributed by atoms with Gasteiger partial charge in [0.05, 0.1) is 7.11 Å². The lowest BCUT2D eigenvalue weighted by molar-refractivity contribution is -0.112. The number of methoxy groups -OCH3 is 1. The van der Waals surface area contributed by atoms with Crippen LogP contribution in [0.1, 0.15) is 16.7 Å². The number of hydrogen-bond donors (Lipinski definition) is 1. The molecule has 1 N–H and O–H groups in total. The molecule has 0 unspecified atom stereocenters. The van der Waals surface area contributed by atoms with Crippen molar-refractivity contribution in [1.29, 1.82) is 5.26 Å². The zero-order valence-electron chi connectivity index (χ0n) is 19.3. The number of anilines is 1. The zero-order valence-corrected chi connectivity index (χ0v) is 20.1. The summed E-state index contributed by atoms with van der Waals surface area (Å²) in [6, 6.07) is 26.6. The van der Waals surface area contributed by atoms with Crippen LogP contribution < -0.4 is 14.8 Å². The molecule has 4 aromatic carbocycles. The third-order valence-electron chi connectivity index (χ3n) is 5.60. The van der Waals surface area contributed by atoms with Gasteiger partial charge >= 0.3 is 0 Å². The minimum absolute atomic E-state index is 0.0652. The van der Waals surface area contributed by atoms with Crippen LogP contribution in [0.2, 0.25) is 5.02 Å². The molecule has 0 saturated carbocycles. The number of amides is 1. The Bertz CT molecular complexity index is 1470. The van der Waals surface area contributed by atoms with Crippen molar-refractivity contribution >= 4 is 40.0 Å². The van der Waals surface area contributed by atoms with Crippen LogP contribution in [-0.2, 0) is 11.4 Å². The molecule has 1 amide bonds. The number of carbonyl (C=O) groups is 1. The number of hydrogen-bond acceptors (Lipinski definition) is 4. The highest BCUT2D eigenvalue weighted by Crippen LogP contribution is 2.29. The maximum Gasteiger partial charge on any atom is 0.266 e. The van der Waals surface area contributed by atoms with Crippen LogP contribution in [-0.4, -0.2) is 13.0 Å². The van der Waals surface area contributed by atoms with Gasteiger partial charge in [-0.25, -0.2) is 0 Å². The van der Waals surface area contributed by atoms with Crippen LogP contribution >= 0.6 is 11.6 Å². The molecule has 0 radical (unpaired) electrons. The van der Waals surface area contributed by atoms with Gasteiger partial charge in [0, 0.05) is 22.3 Å². The van der Waals surface area contributed by atoms with Gasteiger partial charge in [-0.3, -0.25) is 4.79 Å². The number of aryl methyl sites for hydroxylation is 1. The van der Waals surface area contributed by atoms with E-state index >= 15 is 0 Å². The molecule has 6 heteroatoms. The average Bonchev–Trinajstić information content (AvgIpc) is 2.88. The van der Waals surface area contributed by atoms with E-state index in [1.54, 1.807) is 43.5 Å². The number of nitrogens with one attached hydrogen (secondary N) is 1. The van der Waals surface area contributed by atoms with Crippen LogP contribution in [0.4, 0.5) is 5.69 Å². The smallest absolute Gasteiger partial charge is 0.266 e. The second-order valence-corrected chi connectivity index (χ2v) is 8.35. The van der Waals surface area contributed by atoms with E-state index in [1.165, 1.54) is 6.08 Å². The third kappa shape index (κ3) is 5.63. The van der Waals surface area contributed by atoms with Crippen molar-refractivity contribution in [3.8, 4) is 17.6 Å². The van der Waals surface area contributed by atoms with Gasteiger partial charge in [0.2, 0.25) is 0 Å². The predicted octanol–water partition coefficient (Wildman–Crippen LogP) is 6.93. The second-order valence-electron chi connectivity index (χ2n) is 7.91. The van der Waals surface area contributed by atoms with Crippen LogP contribution in [0, 0.1) is 18.3 Å². The molecule has 0 bridgehead atoms. The molecule has 4 aromatic rings. The fraction of sp³-hybridized carbons (Fsp3) is 0.103. The summed E-state index contributed by atoms with van der Waals surface area (Å²) in [6.45, 7) is 2.16. The Hall–Kier alpha value is -4.27. The summed E-state index contributed by atoms with van der Waals surface area (Å²) in [5.41, 5.74) is 2.93. The first-order valence-electron chi connectivity index (χ1n) is 11.0. The highest BCUT2D eigenvalue weighted by Gasteiger charge is 2.14. The van der Waals surface area contributed by atoms with Crippen molar-refractivity contribution in [1.82, 2.24) is 0 Å². The van der Waals surface area contributed by atoms with Crippen molar-refractivity contribution in [3.63, 3.8) is 0 Å². The molecule has 0 aliphatic heterocycles. The van der Waals surface area contributed by atoms with Gasteiger partial charge in [0.15, 0.2) is 0 Å². The largest absolute Gasteiger partial charge is 0.497 e. The molecule has 0 spiro atoms. The highest BCUT2D eigenvalue weighted by molar-refractivity contribution is 6.31. The summed E-state index contributed by atoms with van der Waals surface area (Å²) in [6.07, 6.45) is 1.51. The van der Waals surface area contributed by atoms with Crippen LogP contribution in [0.25, 0.3) is 16.8 Å². The molecular formula is C29H23ClN2O3. The fourth-order valence-electron chi connectivity index (χ4n) is 3.68. The average molecular weight is 483 g/mol. The molecule has 0 heterocycles. The van der Waals surface area contributed by atoms with E-state index in [1.807, 2.05) is 37.3 Å². The van der Waals surface area contributed by atoms with E-state index in [-0.39, 0.29) is 5.57 Å². The predicted molar refractivity (Wildman–Crippen MR) is 140 cm³/mol.